The van der Waals surface area contributed by atoms with E-state index in [1.807, 2.05) is 13.2 Å². The fourth-order valence-electron chi connectivity index (χ4n) is 2.97. The molecule has 0 unspecified atom stereocenters. The summed E-state index contributed by atoms with van der Waals surface area (Å²) in [6, 6.07) is 6.87. The predicted molar refractivity (Wildman–Crippen MR) is 82.9 cm³/mol. The summed E-state index contributed by atoms with van der Waals surface area (Å²) in [6.45, 7) is 1.04. The minimum Gasteiger partial charge on any atom is -0.342 e. The van der Waals surface area contributed by atoms with Crippen molar-refractivity contribution in [3.63, 3.8) is 0 Å². The first-order chi connectivity index (χ1) is 9.86. The maximum Gasteiger partial charge on any atom is 0.106 e. The highest BCUT2D eigenvalue weighted by molar-refractivity contribution is 5.60. The van der Waals surface area contributed by atoms with Crippen LogP contribution in [-0.4, -0.2) is 23.6 Å². The second-order valence-electron chi connectivity index (χ2n) is 5.64. The Bertz CT molecular complexity index is 571. The SMILES string of the molecule is CNCCCc1ncc(-c2ccc3c(c2)CCCC3)[nH]1. The number of aromatic amines is 1. The molecule has 0 atom stereocenters. The van der Waals surface area contributed by atoms with Gasteiger partial charge >= 0.3 is 0 Å². The highest BCUT2D eigenvalue weighted by Gasteiger charge is 2.11. The van der Waals surface area contributed by atoms with Gasteiger partial charge in [-0.05, 0) is 68.5 Å². The number of aromatic nitrogens is 2. The van der Waals surface area contributed by atoms with E-state index < -0.39 is 0 Å². The molecule has 2 aromatic rings. The van der Waals surface area contributed by atoms with Gasteiger partial charge in [0.25, 0.3) is 0 Å². The van der Waals surface area contributed by atoms with Gasteiger partial charge in [0.05, 0.1) is 11.9 Å². The van der Waals surface area contributed by atoms with Gasteiger partial charge in [0, 0.05) is 6.42 Å². The number of hydrogen-bond donors (Lipinski definition) is 2. The Morgan fingerprint density at radius 2 is 2.05 bits per heavy atom. The average molecular weight is 269 g/mol. The first-order valence-corrected chi connectivity index (χ1v) is 7.67. The van der Waals surface area contributed by atoms with Crippen LogP contribution in [0.1, 0.15) is 36.2 Å². The van der Waals surface area contributed by atoms with Gasteiger partial charge in [0.15, 0.2) is 0 Å². The second kappa shape index (κ2) is 6.23. The summed E-state index contributed by atoms with van der Waals surface area (Å²) in [5, 5.41) is 3.17. The lowest BCUT2D eigenvalue weighted by molar-refractivity contribution is 0.686. The van der Waals surface area contributed by atoms with E-state index in [9.17, 15) is 0 Å². The molecule has 3 heteroatoms. The molecule has 0 aliphatic heterocycles. The zero-order chi connectivity index (χ0) is 13.8. The Kier molecular flexibility index (Phi) is 4.16. The summed E-state index contributed by atoms with van der Waals surface area (Å²) in [5.41, 5.74) is 5.49. The number of fused-ring (bicyclic) bond motifs is 1. The molecular weight excluding hydrogens is 246 g/mol. The minimum atomic E-state index is 1.01. The third-order valence-electron chi connectivity index (χ3n) is 4.13. The van der Waals surface area contributed by atoms with Crippen LogP contribution in [0.25, 0.3) is 11.3 Å². The van der Waals surface area contributed by atoms with Gasteiger partial charge in [0.2, 0.25) is 0 Å². The van der Waals surface area contributed by atoms with Crippen LogP contribution >= 0.6 is 0 Å². The summed E-state index contributed by atoms with van der Waals surface area (Å²) < 4.78 is 0. The van der Waals surface area contributed by atoms with Crippen LogP contribution in [0, 0.1) is 0 Å². The zero-order valence-electron chi connectivity index (χ0n) is 12.2. The summed E-state index contributed by atoms with van der Waals surface area (Å²) >= 11 is 0. The smallest absolute Gasteiger partial charge is 0.106 e. The van der Waals surface area contributed by atoms with Crippen LogP contribution in [0.5, 0.6) is 0 Å². The van der Waals surface area contributed by atoms with Gasteiger partial charge in [-0.2, -0.15) is 0 Å². The molecule has 3 rings (SSSR count). The summed E-state index contributed by atoms with van der Waals surface area (Å²) in [4.78, 5) is 7.95. The van der Waals surface area contributed by atoms with E-state index in [2.05, 4.69) is 33.5 Å². The molecule has 2 N–H and O–H groups in total. The third kappa shape index (κ3) is 2.93. The molecule has 20 heavy (non-hydrogen) atoms. The quantitative estimate of drug-likeness (QED) is 0.819. The van der Waals surface area contributed by atoms with E-state index in [0.29, 0.717) is 0 Å². The lowest BCUT2D eigenvalue weighted by Gasteiger charge is -2.16. The lowest BCUT2D eigenvalue weighted by Crippen LogP contribution is -2.08. The molecule has 0 saturated carbocycles. The van der Waals surface area contributed by atoms with Crippen LogP contribution in [0.2, 0.25) is 0 Å². The van der Waals surface area contributed by atoms with Gasteiger partial charge in [-0.25, -0.2) is 4.98 Å². The Balaban J connectivity index is 1.75. The molecule has 0 radical (unpaired) electrons. The molecule has 1 aromatic heterocycles. The number of H-pyrrole nitrogens is 1. The Morgan fingerprint density at radius 1 is 1.20 bits per heavy atom. The van der Waals surface area contributed by atoms with Crippen LogP contribution in [0.3, 0.4) is 0 Å². The minimum absolute atomic E-state index is 1.01. The fraction of sp³-hybridized carbons (Fsp3) is 0.471. The van der Waals surface area contributed by atoms with Gasteiger partial charge in [-0.15, -0.1) is 0 Å². The van der Waals surface area contributed by atoms with E-state index in [1.54, 1.807) is 0 Å². The van der Waals surface area contributed by atoms with Crippen molar-refractivity contribution < 1.29 is 0 Å². The number of nitrogens with one attached hydrogen (secondary N) is 2. The molecule has 1 aliphatic rings. The number of hydrogen-bond acceptors (Lipinski definition) is 2. The molecule has 1 aromatic carbocycles. The molecule has 1 heterocycles. The summed E-state index contributed by atoms with van der Waals surface area (Å²) in [7, 11) is 1.99. The van der Waals surface area contributed by atoms with Crippen molar-refractivity contribution in [1.82, 2.24) is 15.3 Å². The predicted octanol–water partition coefficient (Wildman–Crippen LogP) is 3.11. The number of benzene rings is 1. The highest BCUT2D eigenvalue weighted by Crippen LogP contribution is 2.26. The van der Waals surface area contributed by atoms with E-state index in [1.165, 1.54) is 42.4 Å². The highest BCUT2D eigenvalue weighted by atomic mass is 14.9. The monoisotopic (exact) mass is 269 g/mol. The standard InChI is InChI=1S/C17H23N3/c1-18-10-4-7-17-19-12-16(20-17)15-9-8-13-5-2-3-6-14(13)11-15/h8-9,11-12,18H,2-7,10H2,1H3,(H,19,20). The maximum absolute atomic E-state index is 4.49. The first-order valence-electron chi connectivity index (χ1n) is 7.67. The summed E-state index contributed by atoms with van der Waals surface area (Å²) in [6.07, 6.45) is 9.24. The van der Waals surface area contributed by atoms with E-state index in [4.69, 9.17) is 0 Å². The fourth-order valence-corrected chi connectivity index (χ4v) is 2.97. The van der Waals surface area contributed by atoms with Crippen molar-refractivity contribution in [2.24, 2.45) is 0 Å². The average Bonchev–Trinajstić information content (AvgIpc) is 2.96. The molecular formula is C17H23N3. The number of rotatable bonds is 5. The molecule has 0 saturated heterocycles. The Labute approximate surface area is 120 Å². The Hall–Kier alpha value is -1.61. The third-order valence-corrected chi connectivity index (χ3v) is 4.13. The zero-order valence-corrected chi connectivity index (χ0v) is 12.2. The van der Waals surface area contributed by atoms with E-state index >= 15 is 0 Å². The van der Waals surface area contributed by atoms with E-state index in [0.717, 1.165) is 30.9 Å². The number of aryl methyl sites for hydroxylation is 3. The molecule has 0 amide bonds. The van der Waals surface area contributed by atoms with Crippen molar-refractivity contribution in [3.05, 3.63) is 41.3 Å². The Morgan fingerprint density at radius 3 is 2.90 bits per heavy atom. The van der Waals surface area contributed by atoms with Crippen LogP contribution in [0.15, 0.2) is 24.4 Å². The molecule has 1 aliphatic carbocycles. The molecule has 0 bridgehead atoms. The van der Waals surface area contributed by atoms with Gasteiger partial charge in [0.1, 0.15) is 5.82 Å². The summed E-state index contributed by atoms with van der Waals surface area (Å²) in [5.74, 6) is 1.09. The number of imidazole rings is 1. The van der Waals surface area contributed by atoms with Crippen LogP contribution in [-0.2, 0) is 19.3 Å². The van der Waals surface area contributed by atoms with Gasteiger partial charge < -0.3 is 10.3 Å². The molecule has 106 valence electrons. The lowest BCUT2D eigenvalue weighted by atomic mass is 9.90. The van der Waals surface area contributed by atoms with E-state index in [-0.39, 0.29) is 0 Å². The van der Waals surface area contributed by atoms with Gasteiger partial charge in [-0.1, -0.05) is 12.1 Å². The van der Waals surface area contributed by atoms with Gasteiger partial charge in [-0.3, -0.25) is 0 Å². The van der Waals surface area contributed by atoms with Crippen molar-refractivity contribution in [2.75, 3.05) is 13.6 Å². The first kappa shape index (κ1) is 13.4. The van der Waals surface area contributed by atoms with Crippen LogP contribution in [0.4, 0.5) is 0 Å². The van der Waals surface area contributed by atoms with Crippen LogP contribution < -0.4 is 5.32 Å². The van der Waals surface area contributed by atoms with Crippen molar-refractivity contribution in [1.29, 1.82) is 0 Å². The van der Waals surface area contributed by atoms with Crippen molar-refractivity contribution in [2.45, 2.75) is 38.5 Å². The molecule has 3 nitrogen and oxygen atoms in total. The van der Waals surface area contributed by atoms with Crippen molar-refractivity contribution in [3.8, 4) is 11.3 Å². The topological polar surface area (TPSA) is 40.7 Å². The maximum atomic E-state index is 4.49. The normalized spacial score (nSPS) is 14.2. The van der Waals surface area contributed by atoms with Crippen molar-refractivity contribution >= 4 is 0 Å². The largest absolute Gasteiger partial charge is 0.342 e. The molecule has 0 spiro atoms. The molecule has 0 fully saturated rings. The number of nitrogens with zero attached hydrogens (tertiary/aromatic N) is 1. The second-order valence-corrected chi connectivity index (χ2v) is 5.64.